The molecule has 0 aromatic carbocycles. The van der Waals surface area contributed by atoms with Crippen LogP contribution >= 0.6 is 11.3 Å². The third kappa shape index (κ3) is 9.47. The molecule has 2 atom stereocenters. The predicted octanol–water partition coefficient (Wildman–Crippen LogP) is 6.31. The van der Waals surface area contributed by atoms with Gasteiger partial charge in [-0.25, -0.2) is 0 Å². The second-order valence-electron chi connectivity index (χ2n) is 13.9. The molecule has 0 spiro atoms. The van der Waals surface area contributed by atoms with Gasteiger partial charge in [0.1, 0.15) is 5.60 Å². The fraction of sp³-hybridized carbons (Fsp3) is 0.786. The average Bonchev–Trinajstić information content (AvgIpc) is 3.27. The molecule has 0 aliphatic carbocycles. The third-order valence-corrected chi connectivity index (χ3v) is 13.2. The third-order valence-electron chi connectivity index (χ3n) is 7.74. The Morgan fingerprint density at radius 1 is 1.05 bits per heavy atom. The normalized spacial score (nSPS) is 19.2. The number of amides is 1. The van der Waals surface area contributed by atoms with Crippen molar-refractivity contribution in [3.05, 3.63) is 22.4 Å². The van der Waals surface area contributed by atoms with E-state index in [0.717, 1.165) is 4.88 Å². The van der Waals surface area contributed by atoms with Crippen LogP contribution in [0.5, 0.6) is 0 Å². The number of esters is 1. The summed E-state index contributed by atoms with van der Waals surface area (Å²) in [6.45, 7) is 24.5. The zero-order valence-electron chi connectivity index (χ0n) is 25.7. The van der Waals surface area contributed by atoms with Gasteiger partial charge in [-0.05, 0) is 90.9 Å². The molecule has 1 fully saturated rings. The first-order valence-electron chi connectivity index (χ1n) is 13.7. The molecule has 1 aromatic rings. The van der Waals surface area contributed by atoms with E-state index in [-0.39, 0.29) is 29.4 Å². The molecule has 2 heterocycles. The Labute approximate surface area is 236 Å². The van der Waals surface area contributed by atoms with Crippen molar-refractivity contribution < 1.29 is 28.1 Å². The molecule has 0 saturated carbocycles. The quantitative estimate of drug-likeness (QED) is 0.249. The molecule has 2 rings (SSSR count). The van der Waals surface area contributed by atoms with Crippen LogP contribution in [0.25, 0.3) is 0 Å². The topological polar surface area (TPSA) is 83.1 Å². The lowest BCUT2D eigenvalue weighted by Crippen LogP contribution is -2.49. The van der Waals surface area contributed by atoms with Crippen molar-refractivity contribution in [2.24, 2.45) is 0 Å². The van der Waals surface area contributed by atoms with Crippen molar-refractivity contribution >= 4 is 38.6 Å². The Bertz CT molecular complexity index is 920. The van der Waals surface area contributed by atoms with E-state index in [1.807, 2.05) is 66.0 Å². The first-order chi connectivity index (χ1) is 17.1. The second kappa shape index (κ2) is 12.1. The van der Waals surface area contributed by atoms with Crippen molar-refractivity contribution in [1.29, 1.82) is 0 Å². The molecular weight excluding hydrogens is 517 g/mol. The largest absolute Gasteiger partial charge is 0.481 e. The Morgan fingerprint density at radius 3 is 2.11 bits per heavy atom. The summed E-state index contributed by atoms with van der Waals surface area (Å²) >= 11 is 1.56. The lowest BCUT2D eigenvalue weighted by Gasteiger charge is -2.39. The van der Waals surface area contributed by atoms with Crippen LogP contribution in [0.1, 0.15) is 93.4 Å². The maximum Gasteiger partial charge on any atom is 0.481 e. The summed E-state index contributed by atoms with van der Waals surface area (Å²) in [6.07, 6.45) is 1.21. The first-order valence-corrected chi connectivity index (χ1v) is 17.5. The van der Waals surface area contributed by atoms with E-state index in [1.165, 1.54) is 0 Å². The van der Waals surface area contributed by atoms with Crippen LogP contribution in [-0.2, 0) is 34.5 Å². The summed E-state index contributed by atoms with van der Waals surface area (Å²) in [4.78, 5) is 26.9. The van der Waals surface area contributed by atoms with Crippen molar-refractivity contribution in [2.75, 3.05) is 0 Å². The summed E-state index contributed by atoms with van der Waals surface area (Å²) in [5, 5.41) is 5.12. The number of hydrogen-bond acceptors (Lipinski definition) is 7. The molecule has 1 amide bonds. The van der Waals surface area contributed by atoms with Crippen LogP contribution in [-0.4, -0.2) is 56.2 Å². The van der Waals surface area contributed by atoms with E-state index < -0.39 is 38.2 Å². The number of carbonyl (C=O) groups excluding carboxylic acids is 2. The molecule has 10 heteroatoms. The fourth-order valence-electron chi connectivity index (χ4n) is 3.89. The minimum Gasteiger partial charge on any atom is -0.460 e. The van der Waals surface area contributed by atoms with Gasteiger partial charge in [0.25, 0.3) is 0 Å². The summed E-state index contributed by atoms with van der Waals surface area (Å²) in [7, 11) is -2.78. The molecular formula is C28H50BNO6SSi. The summed E-state index contributed by atoms with van der Waals surface area (Å²) < 4.78 is 25.0. The van der Waals surface area contributed by atoms with Crippen LogP contribution in [0.4, 0.5) is 0 Å². The average molecular weight is 568 g/mol. The highest BCUT2D eigenvalue weighted by Crippen LogP contribution is 2.40. The fourth-order valence-corrected chi connectivity index (χ4v) is 5.98. The molecule has 38 heavy (non-hydrogen) atoms. The SMILES string of the molecule is CC(C)(C)OC(=O)C[C@H](CCC(NC(=O)Cc1cccs1)B1OC(C)(C)C(C)(C)O1)O[Si](C)(C)C(C)(C)C. The number of hydrogen-bond donors (Lipinski definition) is 1. The number of carbonyl (C=O) groups is 2. The molecule has 1 aromatic heterocycles. The molecule has 7 nitrogen and oxygen atoms in total. The minimum atomic E-state index is -2.17. The Morgan fingerprint density at radius 2 is 1.63 bits per heavy atom. The number of nitrogens with one attached hydrogen (secondary N) is 1. The van der Waals surface area contributed by atoms with E-state index in [9.17, 15) is 9.59 Å². The summed E-state index contributed by atoms with van der Waals surface area (Å²) in [5.74, 6) is -0.760. The zero-order chi connectivity index (χ0) is 29.2. The van der Waals surface area contributed by atoms with Crippen molar-refractivity contribution in [3.8, 4) is 0 Å². The van der Waals surface area contributed by atoms with Crippen LogP contribution < -0.4 is 5.32 Å². The molecule has 1 saturated heterocycles. The van der Waals surface area contributed by atoms with Gasteiger partial charge in [-0.3, -0.25) is 9.59 Å². The highest BCUT2D eigenvalue weighted by Gasteiger charge is 2.54. The minimum absolute atomic E-state index is 0.0147. The Kier molecular flexibility index (Phi) is 10.5. The van der Waals surface area contributed by atoms with Gasteiger partial charge in [-0.1, -0.05) is 26.8 Å². The van der Waals surface area contributed by atoms with E-state index in [1.54, 1.807) is 11.3 Å². The van der Waals surface area contributed by atoms with Gasteiger partial charge in [0.15, 0.2) is 8.32 Å². The zero-order valence-corrected chi connectivity index (χ0v) is 27.5. The molecule has 1 unspecified atom stereocenters. The van der Waals surface area contributed by atoms with E-state index in [4.69, 9.17) is 18.5 Å². The molecule has 1 aliphatic rings. The van der Waals surface area contributed by atoms with Gasteiger partial charge >= 0.3 is 13.1 Å². The van der Waals surface area contributed by atoms with Crippen LogP contribution in [0.2, 0.25) is 18.1 Å². The van der Waals surface area contributed by atoms with Gasteiger partial charge in [0, 0.05) is 4.88 Å². The Balaban J connectivity index is 2.24. The number of rotatable bonds is 11. The predicted molar refractivity (Wildman–Crippen MR) is 158 cm³/mol. The van der Waals surface area contributed by atoms with Crippen LogP contribution in [0.3, 0.4) is 0 Å². The van der Waals surface area contributed by atoms with Gasteiger partial charge in [0.2, 0.25) is 5.91 Å². The smallest absolute Gasteiger partial charge is 0.460 e. The van der Waals surface area contributed by atoms with Gasteiger partial charge in [-0.15, -0.1) is 11.3 Å². The Hall–Kier alpha value is -1.20. The van der Waals surface area contributed by atoms with Crippen molar-refractivity contribution in [3.63, 3.8) is 0 Å². The highest BCUT2D eigenvalue weighted by atomic mass is 32.1. The van der Waals surface area contributed by atoms with E-state index >= 15 is 0 Å². The van der Waals surface area contributed by atoms with Crippen molar-refractivity contribution in [2.45, 2.75) is 142 Å². The lowest BCUT2D eigenvalue weighted by atomic mass is 9.75. The van der Waals surface area contributed by atoms with Gasteiger partial charge in [-0.2, -0.15) is 0 Å². The van der Waals surface area contributed by atoms with E-state index in [0.29, 0.717) is 19.3 Å². The summed E-state index contributed by atoms with van der Waals surface area (Å²) in [6, 6.07) is 3.90. The van der Waals surface area contributed by atoms with Crippen LogP contribution in [0.15, 0.2) is 17.5 Å². The standard InChI is InChI=1S/C28H50BNO6SSi/c1-25(2,3)33-24(32)18-20(34-38(11,12)26(4,5)6)15-16-22(29-35-27(7,8)28(9,10)36-29)30-23(31)19-21-14-13-17-37-21/h13-14,17,20,22H,15-16,18-19H2,1-12H3,(H,30,31)/t20-,22?/m0/s1. The summed E-state index contributed by atoms with van der Waals surface area (Å²) in [5.41, 5.74) is -1.62. The highest BCUT2D eigenvalue weighted by molar-refractivity contribution is 7.10. The maximum atomic E-state index is 13.0. The second-order valence-corrected chi connectivity index (χ2v) is 19.7. The number of ether oxygens (including phenoxy) is 1. The monoisotopic (exact) mass is 567 g/mol. The van der Waals surface area contributed by atoms with Crippen LogP contribution in [0, 0.1) is 0 Å². The van der Waals surface area contributed by atoms with E-state index in [2.05, 4.69) is 39.2 Å². The lowest BCUT2D eigenvalue weighted by molar-refractivity contribution is -0.157. The molecule has 0 radical (unpaired) electrons. The molecule has 216 valence electrons. The van der Waals surface area contributed by atoms with Crippen molar-refractivity contribution in [1.82, 2.24) is 5.32 Å². The van der Waals surface area contributed by atoms with Gasteiger partial charge in [0.05, 0.1) is 36.1 Å². The maximum absolute atomic E-state index is 13.0. The molecule has 1 N–H and O–H groups in total. The first kappa shape index (κ1) is 33.0. The van der Waals surface area contributed by atoms with Gasteiger partial charge < -0.3 is 23.8 Å². The molecule has 1 aliphatic heterocycles. The number of thiophene rings is 1. The molecule has 0 bridgehead atoms.